The maximum Gasteiger partial charge on any atom is 0.335 e. The largest absolute Gasteiger partial charge is 0.461 e. The van der Waals surface area contributed by atoms with Crippen LogP contribution in [0, 0.1) is 0 Å². The van der Waals surface area contributed by atoms with Crippen molar-refractivity contribution in [2.75, 3.05) is 19.7 Å². The lowest BCUT2D eigenvalue weighted by Gasteiger charge is -2.02. The fraction of sp³-hybridized carbons (Fsp3) is 0.750. The second kappa shape index (κ2) is 5.53. The van der Waals surface area contributed by atoms with E-state index in [9.17, 15) is 0 Å². The lowest BCUT2D eigenvalue weighted by molar-refractivity contribution is 0.289. The monoisotopic (exact) mass is 184 g/mol. The Kier molecular flexibility index (Phi) is 4.25. The third kappa shape index (κ3) is 3.89. The van der Waals surface area contributed by atoms with Gasteiger partial charge in [-0.2, -0.15) is 4.98 Å². The average Bonchev–Trinajstić information content (AvgIpc) is 2.51. The molecule has 0 aliphatic rings. The summed E-state index contributed by atoms with van der Waals surface area (Å²) in [6.45, 7) is 4.61. The van der Waals surface area contributed by atoms with Crippen LogP contribution in [-0.4, -0.2) is 34.5 Å². The number of hydrogen-bond acceptors (Lipinski definition) is 4. The van der Waals surface area contributed by atoms with Crippen LogP contribution in [-0.2, 0) is 7.05 Å². The first-order chi connectivity index (χ1) is 6.33. The van der Waals surface area contributed by atoms with Gasteiger partial charge in [-0.15, -0.1) is 5.10 Å². The number of aromatic nitrogens is 3. The molecule has 0 radical (unpaired) electrons. The molecule has 0 fully saturated rings. The van der Waals surface area contributed by atoms with Gasteiger partial charge in [0.15, 0.2) is 0 Å². The second-order valence-corrected chi connectivity index (χ2v) is 2.80. The van der Waals surface area contributed by atoms with Crippen LogP contribution in [0.2, 0.25) is 0 Å². The topological polar surface area (TPSA) is 52.0 Å². The van der Waals surface area contributed by atoms with E-state index >= 15 is 0 Å². The Bertz CT molecular complexity index is 236. The van der Waals surface area contributed by atoms with E-state index < -0.39 is 0 Å². The maximum atomic E-state index is 5.27. The van der Waals surface area contributed by atoms with E-state index in [4.69, 9.17) is 4.74 Å². The smallest absolute Gasteiger partial charge is 0.335 e. The van der Waals surface area contributed by atoms with Crippen molar-refractivity contribution in [3.05, 3.63) is 6.33 Å². The molecule has 0 spiro atoms. The Balaban J connectivity index is 2.06. The van der Waals surface area contributed by atoms with E-state index in [0.29, 0.717) is 12.6 Å². The third-order valence-electron chi connectivity index (χ3n) is 1.52. The van der Waals surface area contributed by atoms with E-state index in [1.807, 2.05) is 7.05 Å². The molecule has 1 aromatic heterocycles. The molecule has 1 heterocycles. The number of ether oxygens (including phenoxy) is 1. The molecule has 74 valence electrons. The molecular weight excluding hydrogens is 168 g/mol. The molecule has 13 heavy (non-hydrogen) atoms. The molecule has 0 saturated heterocycles. The Hall–Kier alpha value is -1.10. The van der Waals surface area contributed by atoms with Crippen molar-refractivity contribution in [2.24, 2.45) is 7.05 Å². The maximum absolute atomic E-state index is 5.27. The standard InChI is InChI=1S/C8H16N4O/c1-3-4-9-5-6-13-8-10-7-12(2)11-8/h7,9H,3-6H2,1-2H3. The fourth-order valence-electron chi connectivity index (χ4n) is 0.902. The molecule has 1 N–H and O–H groups in total. The van der Waals surface area contributed by atoms with E-state index in [1.165, 1.54) is 0 Å². The molecule has 0 unspecified atom stereocenters. The molecule has 5 nitrogen and oxygen atoms in total. The molecule has 1 aromatic rings. The molecule has 0 aliphatic carbocycles. The van der Waals surface area contributed by atoms with Crippen molar-refractivity contribution in [3.63, 3.8) is 0 Å². The Morgan fingerprint density at radius 3 is 3.00 bits per heavy atom. The van der Waals surface area contributed by atoms with Gasteiger partial charge in [0.05, 0.1) is 0 Å². The summed E-state index contributed by atoms with van der Waals surface area (Å²) in [7, 11) is 1.81. The predicted octanol–water partition coefficient (Wildman–Crippen LogP) is 0.193. The first-order valence-electron chi connectivity index (χ1n) is 4.52. The van der Waals surface area contributed by atoms with Crippen LogP contribution in [0.4, 0.5) is 0 Å². The fourth-order valence-corrected chi connectivity index (χ4v) is 0.902. The zero-order valence-corrected chi connectivity index (χ0v) is 8.16. The highest BCUT2D eigenvalue weighted by Crippen LogP contribution is 1.96. The minimum atomic E-state index is 0.445. The van der Waals surface area contributed by atoms with Crippen molar-refractivity contribution >= 4 is 0 Å². The molecule has 5 heteroatoms. The van der Waals surface area contributed by atoms with Crippen molar-refractivity contribution in [3.8, 4) is 6.01 Å². The predicted molar refractivity (Wildman–Crippen MR) is 49.7 cm³/mol. The van der Waals surface area contributed by atoms with Gasteiger partial charge in [0.25, 0.3) is 0 Å². The summed E-state index contributed by atoms with van der Waals surface area (Å²) in [5, 5.41) is 7.21. The van der Waals surface area contributed by atoms with Crippen LogP contribution >= 0.6 is 0 Å². The number of nitrogens with one attached hydrogen (secondary N) is 1. The zero-order valence-electron chi connectivity index (χ0n) is 8.16. The molecular formula is C8H16N4O. The van der Waals surface area contributed by atoms with Gasteiger partial charge >= 0.3 is 6.01 Å². The summed E-state index contributed by atoms with van der Waals surface area (Å²) in [4.78, 5) is 3.94. The first kappa shape index (κ1) is 9.98. The number of aryl methyl sites for hydroxylation is 1. The lowest BCUT2D eigenvalue weighted by atomic mass is 10.5. The van der Waals surface area contributed by atoms with Crippen molar-refractivity contribution in [1.82, 2.24) is 20.1 Å². The molecule has 0 saturated carbocycles. The first-order valence-corrected chi connectivity index (χ1v) is 4.52. The van der Waals surface area contributed by atoms with Gasteiger partial charge in [0.2, 0.25) is 0 Å². The summed E-state index contributed by atoms with van der Waals surface area (Å²) in [6.07, 6.45) is 2.76. The quantitative estimate of drug-likeness (QED) is 0.641. The third-order valence-corrected chi connectivity index (χ3v) is 1.52. The summed E-state index contributed by atoms with van der Waals surface area (Å²) >= 11 is 0. The van der Waals surface area contributed by atoms with Crippen molar-refractivity contribution in [2.45, 2.75) is 13.3 Å². The van der Waals surface area contributed by atoms with Crippen LogP contribution in [0.1, 0.15) is 13.3 Å². The molecule has 0 bridgehead atoms. The molecule has 1 rings (SSSR count). The summed E-state index contributed by atoms with van der Waals surface area (Å²) in [5.41, 5.74) is 0. The Labute approximate surface area is 78.1 Å². The highest BCUT2D eigenvalue weighted by atomic mass is 16.5. The normalized spacial score (nSPS) is 10.3. The molecule has 0 aliphatic heterocycles. The van der Waals surface area contributed by atoms with Gasteiger partial charge in [-0.3, -0.25) is 4.68 Å². The number of hydrogen-bond donors (Lipinski definition) is 1. The highest BCUT2D eigenvalue weighted by Gasteiger charge is 1.97. The molecule has 0 atom stereocenters. The van der Waals surface area contributed by atoms with Gasteiger partial charge in [0, 0.05) is 13.6 Å². The minimum Gasteiger partial charge on any atom is -0.461 e. The van der Waals surface area contributed by atoms with Gasteiger partial charge in [-0.05, 0) is 13.0 Å². The minimum absolute atomic E-state index is 0.445. The van der Waals surface area contributed by atoms with Crippen LogP contribution in [0.25, 0.3) is 0 Å². The Morgan fingerprint density at radius 1 is 1.54 bits per heavy atom. The van der Waals surface area contributed by atoms with Crippen molar-refractivity contribution < 1.29 is 4.74 Å². The summed E-state index contributed by atoms with van der Waals surface area (Å²) in [5.74, 6) is 0. The SMILES string of the molecule is CCCNCCOc1ncn(C)n1. The highest BCUT2D eigenvalue weighted by molar-refractivity contribution is 4.86. The van der Waals surface area contributed by atoms with E-state index in [2.05, 4.69) is 22.3 Å². The lowest BCUT2D eigenvalue weighted by Crippen LogP contribution is -2.21. The van der Waals surface area contributed by atoms with Crippen LogP contribution in [0.3, 0.4) is 0 Å². The average molecular weight is 184 g/mol. The van der Waals surface area contributed by atoms with Crippen LogP contribution < -0.4 is 10.1 Å². The molecule has 0 aromatic carbocycles. The van der Waals surface area contributed by atoms with Crippen LogP contribution in [0.15, 0.2) is 6.33 Å². The Morgan fingerprint density at radius 2 is 2.38 bits per heavy atom. The van der Waals surface area contributed by atoms with Gasteiger partial charge in [-0.25, -0.2) is 0 Å². The van der Waals surface area contributed by atoms with E-state index in [1.54, 1.807) is 11.0 Å². The second-order valence-electron chi connectivity index (χ2n) is 2.80. The van der Waals surface area contributed by atoms with Crippen LogP contribution in [0.5, 0.6) is 6.01 Å². The van der Waals surface area contributed by atoms with Gasteiger partial charge < -0.3 is 10.1 Å². The van der Waals surface area contributed by atoms with Gasteiger partial charge in [0.1, 0.15) is 12.9 Å². The molecule has 0 amide bonds. The summed E-state index contributed by atoms with van der Waals surface area (Å²) in [6, 6.07) is 0.445. The van der Waals surface area contributed by atoms with E-state index in [-0.39, 0.29) is 0 Å². The zero-order chi connectivity index (χ0) is 9.52. The summed E-state index contributed by atoms with van der Waals surface area (Å²) < 4.78 is 6.89. The van der Waals surface area contributed by atoms with Crippen molar-refractivity contribution in [1.29, 1.82) is 0 Å². The van der Waals surface area contributed by atoms with Gasteiger partial charge in [-0.1, -0.05) is 6.92 Å². The number of rotatable bonds is 6. The van der Waals surface area contributed by atoms with E-state index in [0.717, 1.165) is 19.5 Å². The number of nitrogens with zero attached hydrogens (tertiary/aromatic N) is 3.